The van der Waals surface area contributed by atoms with Crippen molar-refractivity contribution < 1.29 is 4.79 Å². The fourth-order valence-electron chi connectivity index (χ4n) is 1.50. The van der Waals surface area contributed by atoms with Gasteiger partial charge in [0.1, 0.15) is 11.6 Å². The number of aromatic amines is 1. The van der Waals surface area contributed by atoms with E-state index in [1.165, 1.54) is 6.20 Å². The second-order valence-corrected chi connectivity index (χ2v) is 4.20. The van der Waals surface area contributed by atoms with E-state index < -0.39 is 11.2 Å². The van der Waals surface area contributed by atoms with Gasteiger partial charge in [-0.15, -0.1) is 0 Å². The van der Waals surface area contributed by atoms with Crippen molar-refractivity contribution in [3.05, 3.63) is 32.6 Å². The molecule has 0 aromatic carbocycles. The number of hydrogen-bond acceptors (Lipinski definition) is 4. The SMILES string of the molecule is N#Cc1cn(CCC(=O)NC2CC2)c(=O)[nH]c1=O. The Hall–Kier alpha value is -2.36. The monoisotopic (exact) mass is 248 g/mol. The van der Waals surface area contributed by atoms with Crippen LogP contribution in [0, 0.1) is 11.3 Å². The number of nitrogens with zero attached hydrogens (tertiary/aromatic N) is 2. The van der Waals surface area contributed by atoms with Crippen molar-refractivity contribution in [2.75, 3.05) is 0 Å². The zero-order valence-electron chi connectivity index (χ0n) is 9.60. The fourth-order valence-corrected chi connectivity index (χ4v) is 1.50. The summed E-state index contributed by atoms with van der Waals surface area (Å²) in [6, 6.07) is 1.97. The molecule has 0 radical (unpaired) electrons. The van der Waals surface area contributed by atoms with Gasteiger partial charge in [0.2, 0.25) is 5.91 Å². The van der Waals surface area contributed by atoms with Gasteiger partial charge < -0.3 is 5.32 Å². The molecule has 0 unspecified atom stereocenters. The number of carbonyl (C=O) groups is 1. The molecular formula is C11H12N4O3. The molecule has 7 nitrogen and oxygen atoms in total. The van der Waals surface area contributed by atoms with E-state index in [2.05, 4.69) is 5.32 Å². The first-order chi connectivity index (χ1) is 8.60. The van der Waals surface area contributed by atoms with Crippen LogP contribution in [0.25, 0.3) is 0 Å². The first-order valence-corrected chi connectivity index (χ1v) is 5.63. The lowest BCUT2D eigenvalue weighted by atomic mass is 10.3. The number of rotatable bonds is 4. The quantitative estimate of drug-likeness (QED) is 0.718. The van der Waals surface area contributed by atoms with Gasteiger partial charge in [-0.1, -0.05) is 0 Å². The number of amides is 1. The van der Waals surface area contributed by atoms with Crippen molar-refractivity contribution in [3.8, 4) is 6.07 Å². The molecule has 1 aromatic heterocycles. The molecule has 18 heavy (non-hydrogen) atoms. The predicted octanol–water partition coefficient (Wildman–Crippen LogP) is -0.923. The molecule has 0 aliphatic heterocycles. The van der Waals surface area contributed by atoms with Crippen molar-refractivity contribution in [2.24, 2.45) is 0 Å². The molecule has 0 atom stereocenters. The van der Waals surface area contributed by atoms with Crippen molar-refractivity contribution in [3.63, 3.8) is 0 Å². The van der Waals surface area contributed by atoms with Crippen LogP contribution in [-0.4, -0.2) is 21.5 Å². The second kappa shape index (κ2) is 4.87. The molecule has 1 fully saturated rings. The molecule has 7 heteroatoms. The van der Waals surface area contributed by atoms with Crippen LogP contribution in [0.1, 0.15) is 24.8 Å². The van der Waals surface area contributed by atoms with Crippen molar-refractivity contribution >= 4 is 5.91 Å². The summed E-state index contributed by atoms with van der Waals surface area (Å²) in [5.41, 5.74) is -1.46. The third-order valence-corrected chi connectivity index (χ3v) is 2.65. The molecular weight excluding hydrogens is 236 g/mol. The smallest absolute Gasteiger partial charge is 0.328 e. The zero-order chi connectivity index (χ0) is 13.1. The molecule has 1 saturated carbocycles. The molecule has 94 valence electrons. The Morgan fingerprint density at radius 2 is 2.28 bits per heavy atom. The van der Waals surface area contributed by atoms with E-state index in [0.717, 1.165) is 17.4 Å². The highest BCUT2D eigenvalue weighted by Gasteiger charge is 2.22. The van der Waals surface area contributed by atoms with Crippen molar-refractivity contribution in [2.45, 2.75) is 31.8 Å². The first-order valence-electron chi connectivity index (χ1n) is 5.63. The number of nitriles is 1. The highest BCUT2D eigenvalue weighted by molar-refractivity contribution is 5.76. The van der Waals surface area contributed by atoms with Gasteiger partial charge in [-0.05, 0) is 12.8 Å². The Bertz CT molecular complexity index is 618. The van der Waals surface area contributed by atoms with E-state index in [9.17, 15) is 14.4 Å². The van der Waals surface area contributed by atoms with E-state index in [4.69, 9.17) is 5.26 Å². The second-order valence-electron chi connectivity index (χ2n) is 4.20. The number of H-pyrrole nitrogens is 1. The summed E-state index contributed by atoms with van der Waals surface area (Å²) in [5, 5.41) is 11.5. The van der Waals surface area contributed by atoms with Crippen LogP contribution in [0.4, 0.5) is 0 Å². The summed E-state index contributed by atoms with van der Waals surface area (Å²) in [4.78, 5) is 36.0. The number of aromatic nitrogens is 2. The van der Waals surface area contributed by atoms with Crippen LogP contribution in [0.2, 0.25) is 0 Å². The van der Waals surface area contributed by atoms with Crippen molar-refractivity contribution in [1.29, 1.82) is 5.26 Å². The number of aryl methyl sites for hydroxylation is 1. The largest absolute Gasteiger partial charge is 0.353 e. The normalized spacial score (nSPS) is 13.9. The summed E-state index contributed by atoms with van der Waals surface area (Å²) in [7, 11) is 0. The summed E-state index contributed by atoms with van der Waals surface area (Å²) in [6.07, 6.45) is 3.32. The van der Waals surface area contributed by atoms with Crippen LogP contribution in [0.3, 0.4) is 0 Å². The van der Waals surface area contributed by atoms with Gasteiger partial charge in [0, 0.05) is 25.2 Å². The fraction of sp³-hybridized carbons (Fsp3) is 0.455. The molecule has 1 amide bonds. The highest BCUT2D eigenvalue weighted by Crippen LogP contribution is 2.18. The summed E-state index contributed by atoms with van der Waals surface area (Å²) >= 11 is 0. The maximum Gasteiger partial charge on any atom is 0.328 e. The van der Waals surface area contributed by atoms with E-state index in [-0.39, 0.29) is 30.5 Å². The van der Waals surface area contributed by atoms with Crippen LogP contribution < -0.4 is 16.6 Å². The lowest BCUT2D eigenvalue weighted by Crippen LogP contribution is -2.33. The first kappa shape index (κ1) is 12.1. The number of carbonyl (C=O) groups excluding carboxylic acids is 1. The van der Waals surface area contributed by atoms with E-state index in [1.807, 2.05) is 4.98 Å². The maximum absolute atomic E-state index is 11.4. The Kier molecular flexibility index (Phi) is 3.28. The number of hydrogen-bond donors (Lipinski definition) is 2. The standard InChI is InChI=1S/C11H12N4O3/c12-5-7-6-15(11(18)14-10(7)17)4-3-9(16)13-8-1-2-8/h6,8H,1-4H2,(H,13,16)(H,14,17,18). The summed E-state index contributed by atoms with van der Waals surface area (Å²) in [6.45, 7) is 0.142. The summed E-state index contributed by atoms with van der Waals surface area (Å²) < 4.78 is 1.16. The minimum Gasteiger partial charge on any atom is -0.353 e. The minimum atomic E-state index is -0.707. The Labute approximate surface area is 102 Å². The molecule has 1 aromatic rings. The van der Waals surface area contributed by atoms with E-state index in [0.29, 0.717) is 0 Å². The van der Waals surface area contributed by atoms with Crippen LogP contribution in [0.5, 0.6) is 0 Å². The van der Waals surface area contributed by atoms with Gasteiger partial charge in [0.25, 0.3) is 5.56 Å². The Morgan fingerprint density at radius 3 is 2.89 bits per heavy atom. The topological polar surface area (TPSA) is 108 Å². The number of nitrogens with one attached hydrogen (secondary N) is 2. The average Bonchev–Trinajstić information content (AvgIpc) is 3.12. The van der Waals surface area contributed by atoms with Gasteiger partial charge in [-0.3, -0.25) is 19.1 Å². The van der Waals surface area contributed by atoms with Gasteiger partial charge in [-0.25, -0.2) is 4.79 Å². The third kappa shape index (κ3) is 2.85. The molecule has 2 N–H and O–H groups in total. The van der Waals surface area contributed by atoms with Crippen LogP contribution >= 0.6 is 0 Å². The Morgan fingerprint density at radius 1 is 1.56 bits per heavy atom. The summed E-state index contributed by atoms with van der Waals surface area (Å²) in [5.74, 6) is -0.130. The van der Waals surface area contributed by atoms with Crippen LogP contribution in [-0.2, 0) is 11.3 Å². The molecule has 0 bridgehead atoms. The van der Waals surface area contributed by atoms with Crippen LogP contribution in [0.15, 0.2) is 15.8 Å². The minimum absolute atomic E-state index is 0.130. The molecule has 1 heterocycles. The van der Waals surface area contributed by atoms with Gasteiger partial charge >= 0.3 is 5.69 Å². The molecule has 1 aliphatic rings. The maximum atomic E-state index is 11.4. The van der Waals surface area contributed by atoms with E-state index in [1.54, 1.807) is 6.07 Å². The molecule has 2 rings (SSSR count). The lowest BCUT2D eigenvalue weighted by Gasteiger charge is -2.05. The molecule has 0 spiro atoms. The van der Waals surface area contributed by atoms with Crippen molar-refractivity contribution in [1.82, 2.24) is 14.9 Å². The molecule has 0 saturated heterocycles. The average molecular weight is 248 g/mol. The van der Waals surface area contributed by atoms with E-state index >= 15 is 0 Å². The van der Waals surface area contributed by atoms with Gasteiger partial charge in [0.05, 0.1) is 0 Å². The highest BCUT2D eigenvalue weighted by atomic mass is 16.2. The zero-order valence-corrected chi connectivity index (χ0v) is 9.60. The van der Waals surface area contributed by atoms with Gasteiger partial charge in [0.15, 0.2) is 0 Å². The van der Waals surface area contributed by atoms with Gasteiger partial charge in [-0.2, -0.15) is 5.26 Å². The third-order valence-electron chi connectivity index (χ3n) is 2.65. The lowest BCUT2D eigenvalue weighted by molar-refractivity contribution is -0.121. The predicted molar refractivity (Wildman–Crippen MR) is 61.8 cm³/mol. The Balaban J connectivity index is 2.04. The molecule has 1 aliphatic carbocycles.